The van der Waals surface area contributed by atoms with Crippen LogP contribution in [0.2, 0.25) is 0 Å². The molecule has 0 bridgehead atoms. The number of nitrogens with zero attached hydrogens (tertiary/aromatic N) is 4. The van der Waals surface area contributed by atoms with Crippen molar-refractivity contribution in [1.82, 2.24) is 19.7 Å². The molecule has 152 valence electrons. The first-order chi connectivity index (χ1) is 13.8. The van der Waals surface area contributed by atoms with Crippen molar-refractivity contribution in [3.63, 3.8) is 0 Å². The summed E-state index contributed by atoms with van der Waals surface area (Å²) in [6.45, 7) is 0.618. The van der Waals surface area contributed by atoms with Gasteiger partial charge in [0, 0.05) is 18.2 Å². The fourth-order valence-corrected chi connectivity index (χ4v) is 2.85. The van der Waals surface area contributed by atoms with Crippen LogP contribution >= 0.6 is 0 Å². The third-order valence-electron chi connectivity index (χ3n) is 4.51. The van der Waals surface area contributed by atoms with Crippen LogP contribution in [0.25, 0.3) is 0 Å². The Bertz CT molecular complexity index is 995. The van der Waals surface area contributed by atoms with Crippen LogP contribution in [0, 0.1) is 0 Å². The summed E-state index contributed by atoms with van der Waals surface area (Å²) in [6.07, 6.45) is 6.23. The van der Waals surface area contributed by atoms with Crippen LogP contribution in [0.5, 0.6) is 11.5 Å². The summed E-state index contributed by atoms with van der Waals surface area (Å²) >= 11 is 0. The number of rotatable bonds is 7. The van der Waals surface area contributed by atoms with E-state index in [1.807, 2.05) is 0 Å². The van der Waals surface area contributed by atoms with Crippen molar-refractivity contribution in [1.29, 1.82) is 0 Å². The second-order valence-electron chi connectivity index (χ2n) is 7.51. The van der Waals surface area contributed by atoms with Gasteiger partial charge in [0.2, 0.25) is 0 Å². The topological polar surface area (TPSA) is 85.1 Å². The maximum Gasteiger partial charge on any atom is 0.333 e. The summed E-state index contributed by atoms with van der Waals surface area (Å²) in [5, 5.41) is 17.1. The van der Waals surface area contributed by atoms with Crippen LogP contribution in [0.15, 0.2) is 42.9 Å². The van der Waals surface area contributed by atoms with E-state index < -0.39 is 12.2 Å². The van der Waals surface area contributed by atoms with Crippen molar-refractivity contribution in [2.45, 2.75) is 44.8 Å². The molecule has 2 N–H and O–H groups in total. The Labute approximate surface area is 166 Å². The van der Waals surface area contributed by atoms with Crippen molar-refractivity contribution in [2.75, 3.05) is 5.32 Å². The second kappa shape index (κ2) is 7.40. The van der Waals surface area contributed by atoms with E-state index in [9.17, 15) is 13.9 Å². The number of aromatic nitrogens is 4. The molecule has 4 rings (SSSR count). The molecule has 0 radical (unpaired) electrons. The number of halogens is 2. The lowest BCUT2D eigenvalue weighted by atomic mass is 10.1. The summed E-state index contributed by atoms with van der Waals surface area (Å²) < 4.78 is 32.5. The van der Waals surface area contributed by atoms with Gasteiger partial charge >= 0.3 is 6.55 Å². The highest BCUT2D eigenvalue weighted by Crippen LogP contribution is 2.45. The molecule has 0 saturated heterocycles. The van der Waals surface area contributed by atoms with Crippen LogP contribution in [0.1, 0.15) is 50.5 Å². The van der Waals surface area contributed by atoms with Gasteiger partial charge < -0.3 is 15.2 Å². The van der Waals surface area contributed by atoms with Gasteiger partial charge in [-0.25, -0.2) is 9.67 Å². The van der Waals surface area contributed by atoms with E-state index in [-0.39, 0.29) is 5.92 Å². The maximum atomic E-state index is 13.0. The lowest BCUT2D eigenvalue weighted by Crippen LogP contribution is -2.17. The zero-order valence-electron chi connectivity index (χ0n) is 16.0. The highest BCUT2D eigenvalue weighted by atomic mass is 19.3. The van der Waals surface area contributed by atoms with E-state index in [0.29, 0.717) is 39.1 Å². The van der Waals surface area contributed by atoms with E-state index in [0.717, 1.165) is 12.8 Å². The number of nitrogens with one attached hydrogen (secondary N) is 1. The van der Waals surface area contributed by atoms with Crippen molar-refractivity contribution in [3.05, 3.63) is 54.2 Å². The molecule has 29 heavy (non-hydrogen) atoms. The van der Waals surface area contributed by atoms with Crippen molar-refractivity contribution in [3.8, 4) is 11.5 Å². The largest absolute Gasteiger partial charge is 0.454 e. The number of anilines is 2. The smallest absolute Gasteiger partial charge is 0.333 e. The molecule has 3 aromatic rings. The summed E-state index contributed by atoms with van der Waals surface area (Å²) in [5.74, 6) is 1.47. The molecule has 0 spiro atoms. The molecule has 1 saturated carbocycles. The molecule has 0 unspecified atom stereocenters. The monoisotopic (exact) mass is 401 g/mol. The molecule has 1 aliphatic carbocycles. The Kier molecular flexibility index (Phi) is 4.91. The van der Waals surface area contributed by atoms with Gasteiger partial charge in [-0.3, -0.25) is 4.98 Å². The van der Waals surface area contributed by atoms with E-state index in [1.54, 1.807) is 50.5 Å². The normalized spacial score (nSPS) is 14.3. The van der Waals surface area contributed by atoms with Crippen LogP contribution in [-0.2, 0) is 5.60 Å². The molecule has 0 amide bonds. The number of aliphatic hydroxyl groups is 1. The van der Waals surface area contributed by atoms with Crippen molar-refractivity contribution >= 4 is 11.5 Å². The molecular weight excluding hydrogens is 380 g/mol. The Morgan fingerprint density at radius 1 is 1.24 bits per heavy atom. The highest BCUT2D eigenvalue weighted by molar-refractivity contribution is 5.56. The fraction of sp³-hybridized carbons (Fsp3) is 0.350. The van der Waals surface area contributed by atoms with E-state index >= 15 is 0 Å². The molecule has 9 heteroatoms. The second-order valence-corrected chi connectivity index (χ2v) is 7.51. The molecular formula is C20H21F2N5O2. The average Bonchev–Trinajstić information content (AvgIpc) is 3.42. The Hall–Kier alpha value is -3.07. The molecule has 3 heterocycles. The number of hydrogen-bond acceptors (Lipinski definition) is 6. The van der Waals surface area contributed by atoms with Gasteiger partial charge in [0.25, 0.3) is 0 Å². The number of hydrogen-bond donors (Lipinski definition) is 2. The van der Waals surface area contributed by atoms with E-state index in [4.69, 9.17) is 4.74 Å². The summed E-state index contributed by atoms with van der Waals surface area (Å²) in [7, 11) is 0. The maximum absolute atomic E-state index is 13.0. The first-order valence-corrected chi connectivity index (χ1v) is 9.26. The third kappa shape index (κ3) is 4.51. The minimum Gasteiger partial charge on any atom is -0.454 e. The SMILES string of the molecule is CC(C)(O)c1ccc(Nc2cc(Oc3cn(C(F)F)nc3C3CC3)ccn2)cn1. The van der Waals surface area contributed by atoms with Gasteiger partial charge in [-0.05, 0) is 44.9 Å². The van der Waals surface area contributed by atoms with Crippen molar-refractivity contribution < 1.29 is 18.6 Å². The van der Waals surface area contributed by atoms with Crippen LogP contribution in [-0.4, -0.2) is 24.9 Å². The Morgan fingerprint density at radius 3 is 2.66 bits per heavy atom. The number of pyridine rings is 2. The van der Waals surface area contributed by atoms with Gasteiger partial charge in [-0.1, -0.05) is 0 Å². The number of alkyl halides is 2. The predicted molar refractivity (Wildman–Crippen MR) is 103 cm³/mol. The first kappa shape index (κ1) is 19.3. The standard InChI is InChI=1S/C20H21F2N5O2/c1-20(2,28)16-6-5-13(10-24-16)25-17-9-14(7-8-23-17)29-15-11-27(19(21)22)26-18(15)12-3-4-12/h5-12,19,28H,3-4H2,1-2H3,(H,23,25). The lowest BCUT2D eigenvalue weighted by molar-refractivity contribution is 0.0560. The lowest BCUT2D eigenvalue weighted by Gasteiger charge is -2.16. The molecule has 7 nitrogen and oxygen atoms in total. The number of ether oxygens (including phenoxy) is 1. The molecule has 0 aromatic carbocycles. The Morgan fingerprint density at radius 2 is 2.03 bits per heavy atom. The molecule has 0 atom stereocenters. The molecule has 3 aromatic heterocycles. The van der Waals surface area contributed by atoms with E-state index in [1.165, 1.54) is 6.20 Å². The van der Waals surface area contributed by atoms with Gasteiger partial charge in [0.1, 0.15) is 22.9 Å². The summed E-state index contributed by atoms with van der Waals surface area (Å²) in [5.41, 5.74) is 0.776. The molecule has 1 aliphatic rings. The fourth-order valence-electron chi connectivity index (χ4n) is 2.85. The summed E-state index contributed by atoms with van der Waals surface area (Å²) in [6, 6.07) is 6.83. The van der Waals surface area contributed by atoms with Crippen LogP contribution in [0.3, 0.4) is 0 Å². The summed E-state index contributed by atoms with van der Waals surface area (Å²) in [4.78, 5) is 8.48. The first-order valence-electron chi connectivity index (χ1n) is 9.26. The van der Waals surface area contributed by atoms with Gasteiger partial charge in [-0.2, -0.15) is 13.9 Å². The highest BCUT2D eigenvalue weighted by Gasteiger charge is 2.31. The zero-order valence-corrected chi connectivity index (χ0v) is 16.0. The van der Waals surface area contributed by atoms with E-state index in [2.05, 4.69) is 20.4 Å². The van der Waals surface area contributed by atoms with Crippen LogP contribution < -0.4 is 10.1 Å². The van der Waals surface area contributed by atoms with Gasteiger partial charge in [-0.15, -0.1) is 0 Å². The minimum atomic E-state index is -2.71. The Balaban J connectivity index is 1.51. The predicted octanol–water partition coefficient (Wildman–Crippen LogP) is 4.71. The molecule has 0 aliphatic heterocycles. The third-order valence-corrected chi connectivity index (χ3v) is 4.51. The average molecular weight is 401 g/mol. The zero-order chi connectivity index (χ0) is 20.6. The van der Waals surface area contributed by atoms with Crippen molar-refractivity contribution in [2.24, 2.45) is 0 Å². The quantitative estimate of drug-likeness (QED) is 0.596. The molecule has 1 fully saturated rings. The van der Waals surface area contributed by atoms with Gasteiger partial charge in [0.15, 0.2) is 5.75 Å². The van der Waals surface area contributed by atoms with Crippen LogP contribution in [0.4, 0.5) is 20.3 Å². The van der Waals surface area contributed by atoms with Gasteiger partial charge in [0.05, 0.1) is 23.8 Å². The minimum absolute atomic E-state index is 0.171.